The van der Waals surface area contributed by atoms with E-state index in [1.807, 2.05) is 12.1 Å². The Bertz CT molecular complexity index is 576. The lowest BCUT2D eigenvalue weighted by Crippen LogP contribution is -2.40. The van der Waals surface area contributed by atoms with Crippen molar-refractivity contribution in [2.45, 2.75) is 23.7 Å². The highest BCUT2D eigenvalue weighted by molar-refractivity contribution is 7.91. The summed E-state index contributed by atoms with van der Waals surface area (Å²) in [5, 5.41) is 0. The SMILES string of the molecule is O=S1(=O)CC(C2(CCl)CCCOC2)c2ccccc21. The third-order valence-corrected chi connectivity index (χ3v) is 6.72. The van der Waals surface area contributed by atoms with Crippen molar-refractivity contribution in [3.05, 3.63) is 29.8 Å². The molecule has 2 aliphatic heterocycles. The summed E-state index contributed by atoms with van der Waals surface area (Å²) in [7, 11) is -3.17. The first kappa shape index (κ1) is 13.4. The van der Waals surface area contributed by atoms with Crippen molar-refractivity contribution in [1.82, 2.24) is 0 Å². The molecule has 3 nitrogen and oxygen atoms in total. The van der Waals surface area contributed by atoms with E-state index in [0.29, 0.717) is 17.4 Å². The second-order valence-corrected chi connectivity index (χ2v) is 7.79. The number of hydrogen-bond donors (Lipinski definition) is 0. The molecule has 1 aromatic rings. The van der Waals surface area contributed by atoms with Gasteiger partial charge < -0.3 is 4.74 Å². The molecular weight excluding hydrogens is 284 g/mol. The van der Waals surface area contributed by atoms with Gasteiger partial charge in [0.15, 0.2) is 9.84 Å². The molecule has 2 aliphatic rings. The van der Waals surface area contributed by atoms with Crippen LogP contribution < -0.4 is 0 Å². The smallest absolute Gasteiger partial charge is 0.179 e. The molecule has 0 saturated carbocycles. The van der Waals surface area contributed by atoms with Gasteiger partial charge in [0.2, 0.25) is 0 Å². The van der Waals surface area contributed by atoms with Crippen LogP contribution in [0.4, 0.5) is 0 Å². The van der Waals surface area contributed by atoms with E-state index in [1.54, 1.807) is 12.1 Å². The molecule has 1 aromatic carbocycles. The van der Waals surface area contributed by atoms with E-state index in [9.17, 15) is 8.42 Å². The maximum atomic E-state index is 12.3. The van der Waals surface area contributed by atoms with Gasteiger partial charge in [-0.25, -0.2) is 8.42 Å². The first-order valence-corrected chi connectivity index (χ1v) is 8.73. The molecule has 19 heavy (non-hydrogen) atoms. The second kappa shape index (κ2) is 4.76. The van der Waals surface area contributed by atoms with Crippen molar-refractivity contribution in [3.8, 4) is 0 Å². The van der Waals surface area contributed by atoms with Gasteiger partial charge in [0.1, 0.15) is 0 Å². The Morgan fingerprint density at radius 1 is 1.37 bits per heavy atom. The predicted molar refractivity (Wildman–Crippen MR) is 74.4 cm³/mol. The van der Waals surface area contributed by atoms with Crippen LogP contribution in [0.5, 0.6) is 0 Å². The van der Waals surface area contributed by atoms with E-state index in [1.165, 1.54) is 0 Å². The first-order chi connectivity index (χ1) is 9.09. The minimum atomic E-state index is -3.17. The molecule has 5 heteroatoms. The Kier molecular flexibility index (Phi) is 3.36. The lowest BCUT2D eigenvalue weighted by atomic mass is 9.71. The summed E-state index contributed by atoms with van der Waals surface area (Å²) in [5.41, 5.74) is 0.688. The van der Waals surface area contributed by atoms with Crippen LogP contribution in [0, 0.1) is 5.41 Å². The van der Waals surface area contributed by atoms with Crippen LogP contribution in [0.15, 0.2) is 29.2 Å². The van der Waals surface area contributed by atoms with Crippen LogP contribution in [0.25, 0.3) is 0 Å². The molecule has 1 saturated heterocycles. The predicted octanol–water partition coefficient (Wildman–Crippen LogP) is 2.59. The molecule has 104 valence electrons. The summed E-state index contributed by atoms with van der Waals surface area (Å²) >= 11 is 6.20. The average molecular weight is 301 g/mol. The fourth-order valence-corrected chi connectivity index (χ4v) is 5.71. The maximum Gasteiger partial charge on any atom is 0.179 e. The van der Waals surface area contributed by atoms with Crippen LogP contribution >= 0.6 is 11.6 Å². The Balaban J connectivity index is 2.07. The third-order valence-electron chi connectivity index (χ3n) is 4.37. The van der Waals surface area contributed by atoms with E-state index in [4.69, 9.17) is 16.3 Å². The van der Waals surface area contributed by atoms with Crippen molar-refractivity contribution in [2.24, 2.45) is 5.41 Å². The highest BCUT2D eigenvalue weighted by Gasteiger charge is 2.48. The molecule has 0 aromatic heterocycles. The molecule has 0 N–H and O–H groups in total. The van der Waals surface area contributed by atoms with Gasteiger partial charge in [-0.1, -0.05) is 18.2 Å². The van der Waals surface area contributed by atoms with Gasteiger partial charge in [-0.3, -0.25) is 0 Å². The van der Waals surface area contributed by atoms with Gasteiger partial charge >= 0.3 is 0 Å². The molecule has 1 fully saturated rings. The number of alkyl halides is 1. The second-order valence-electron chi connectivity index (χ2n) is 5.52. The normalized spacial score (nSPS) is 33.0. The van der Waals surface area contributed by atoms with Gasteiger partial charge in [-0.05, 0) is 24.5 Å². The molecule has 3 rings (SSSR count). The van der Waals surface area contributed by atoms with Crippen LogP contribution in [0.3, 0.4) is 0 Å². The van der Waals surface area contributed by atoms with E-state index >= 15 is 0 Å². The summed E-state index contributed by atoms with van der Waals surface area (Å²) in [5.74, 6) is 0.579. The minimum Gasteiger partial charge on any atom is -0.381 e. The quantitative estimate of drug-likeness (QED) is 0.789. The summed E-state index contributed by atoms with van der Waals surface area (Å²) in [6.45, 7) is 1.31. The Morgan fingerprint density at radius 3 is 2.84 bits per heavy atom. The summed E-state index contributed by atoms with van der Waals surface area (Å²) in [6, 6.07) is 7.31. The van der Waals surface area contributed by atoms with Gasteiger partial charge in [0.05, 0.1) is 17.3 Å². The van der Waals surface area contributed by atoms with Crippen LogP contribution in [-0.2, 0) is 14.6 Å². The molecule has 0 spiro atoms. The van der Waals surface area contributed by atoms with Crippen molar-refractivity contribution < 1.29 is 13.2 Å². The number of benzene rings is 1. The molecule has 0 amide bonds. The molecule has 0 aliphatic carbocycles. The summed E-state index contributed by atoms with van der Waals surface area (Å²) in [4.78, 5) is 0.482. The molecule has 2 unspecified atom stereocenters. The number of fused-ring (bicyclic) bond motifs is 1. The molecule has 2 heterocycles. The fourth-order valence-electron chi connectivity index (χ4n) is 3.30. The van der Waals surface area contributed by atoms with Gasteiger partial charge in [0.25, 0.3) is 0 Å². The third kappa shape index (κ3) is 2.10. The van der Waals surface area contributed by atoms with E-state index in [-0.39, 0.29) is 17.1 Å². The Labute approximate surface area is 118 Å². The van der Waals surface area contributed by atoms with Gasteiger partial charge in [0, 0.05) is 23.8 Å². The fraction of sp³-hybridized carbons (Fsp3) is 0.571. The largest absolute Gasteiger partial charge is 0.381 e. The molecule has 0 bridgehead atoms. The molecule has 0 radical (unpaired) electrons. The van der Waals surface area contributed by atoms with Crippen LogP contribution in [0.2, 0.25) is 0 Å². The lowest BCUT2D eigenvalue weighted by Gasteiger charge is -2.40. The lowest BCUT2D eigenvalue weighted by molar-refractivity contribution is -0.00685. The highest BCUT2D eigenvalue weighted by Crippen LogP contribution is 2.49. The van der Waals surface area contributed by atoms with E-state index < -0.39 is 9.84 Å². The van der Waals surface area contributed by atoms with Crippen molar-refractivity contribution >= 4 is 21.4 Å². The topological polar surface area (TPSA) is 43.4 Å². The molecule has 2 atom stereocenters. The number of hydrogen-bond acceptors (Lipinski definition) is 3. The van der Waals surface area contributed by atoms with Gasteiger partial charge in [-0.15, -0.1) is 11.6 Å². The summed E-state index contributed by atoms with van der Waals surface area (Å²) < 4.78 is 30.2. The number of ether oxygens (including phenoxy) is 1. The number of rotatable bonds is 2. The zero-order valence-corrected chi connectivity index (χ0v) is 12.2. The van der Waals surface area contributed by atoms with Crippen molar-refractivity contribution in [2.75, 3.05) is 24.8 Å². The first-order valence-electron chi connectivity index (χ1n) is 6.54. The Hall–Kier alpha value is -0.580. The van der Waals surface area contributed by atoms with Crippen LogP contribution in [-0.4, -0.2) is 33.3 Å². The number of sulfone groups is 1. The maximum absolute atomic E-state index is 12.3. The summed E-state index contributed by atoms with van der Waals surface area (Å²) in [6.07, 6.45) is 1.89. The van der Waals surface area contributed by atoms with E-state index in [0.717, 1.165) is 25.0 Å². The zero-order valence-electron chi connectivity index (χ0n) is 10.6. The van der Waals surface area contributed by atoms with Gasteiger partial charge in [-0.2, -0.15) is 0 Å². The zero-order chi connectivity index (χ0) is 13.5. The van der Waals surface area contributed by atoms with E-state index in [2.05, 4.69) is 0 Å². The molecular formula is C14H17ClO3S. The highest BCUT2D eigenvalue weighted by atomic mass is 35.5. The monoisotopic (exact) mass is 300 g/mol. The van der Waals surface area contributed by atoms with Crippen molar-refractivity contribution in [1.29, 1.82) is 0 Å². The van der Waals surface area contributed by atoms with Crippen molar-refractivity contribution in [3.63, 3.8) is 0 Å². The minimum absolute atomic E-state index is 0.0356. The standard InChI is InChI=1S/C14H17ClO3S/c15-9-14(6-3-7-18-10-14)12-8-19(16,17)13-5-2-1-4-11(12)13/h1-2,4-5,12H,3,6-10H2. The number of halogens is 1. The Morgan fingerprint density at radius 2 is 2.16 bits per heavy atom. The van der Waals surface area contributed by atoms with Crippen LogP contribution in [0.1, 0.15) is 24.3 Å². The average Bonchev–Trinajstić information content (AvgIpc) is 2.73.